The lowest BCUT2D eigenvalue weighted by Crippen LogP contribution is -2.50. The van der Waals surface area contributed by atoms with Crippen LogP contribution in [0.1, 0.15) is 27.7 Å². The third-order valence-electron chi connectivity index (χ3n) is 2.60. The van der Waals surface area contributed by atoms with Crippen LogP contribution in [0.25, 0.3) is 0 Å². The second-order valence-electron chi connectivity index (χ2n) is 5.38. The van der Waals surface area contributed by atoms with Crippen LogP contribution in [0.15, 0.2) is 0 Å². The van der Waals surface area contributed by atoms with Crippen LogP contribution in [-0.2, 0) is 9.47 Å². The van der Waals surface area contributed by atoms with E-state index < -0.39 is 6.10 Å². The Balaban J connectivity index is 2.25. The number of nitrogens with zero attached hydrogens (tertiary/aromatic N) is 1. The maximum Gasteiger partial charge on any atom is 0.0900 e. The molecule has 0 aromatic carbocycles. The first-order valence-corrected chi connectivity index (χ1v) is 6.05. The number of hydrogen-bond donors (Lipinski definition) is 1. The van der Waals surface area contributed by atoms with Crippen LogP contribution >= 0.6 is 0 Å². The van der Waals surface area contributed by atoms with Gasteiger partial charge in [0.25, 0.3) is 0 Å². The Morgan fingerprint density at radius 2 is 2.12 bits per heavy atom. The Bertz CT molecular complexity index is 206. The summed E-state index contributed by atoms with van der Waals surface area (Å²) in [5.74, 6) is 0. The van der Waals surface area contributed by atoms with Crippen LogP contribution in [0.2, 0.25) is 0 Å². The lowest BCUT2D eigenvalue weighted by molar-refractivity contribution is -0.0987. The summed E-state index contributed by atoms with van der Waals surface area (Å²) in [5, 5.41) is 9.81. The van der Waals surface area contributed by atoms with Gasteiger partial charge < -0.3 is 14.6 Å². The molecule has 96 valence electrons. The summed E-state index contributed by atoms with van der Waals surface area (Å²) in [4.78, 5) is 2.23. The van der Waals surface area contributed by atoms with Crippen molar-refractivity contribution in [3.63, 3.8) is 0 Å². The Labute approximate surface area is 98.5 Å². The molecule has 1 aliphatic heterocycles. The minimum atomic E-state index is -0.406. The Morgan fingerprint density at radius 1 is 1.44 bits per heavy atom. The Hall–Kier alpha value is -0.160. The van der Waals surface area contributed by atoms with E-state index in [-0.39, 0.29) is 11.7 Å². The highest BCUT2D eigenvalue weighted by Crippen LogP contribution is 2.16. The molecule has 16 heavy (non-hydrogen) atoms. The molecule has 1 saturated heterocycles. The second kappa shape index (κ2) is 5.96. The molecular weight excluding hydrogens is 206 g/mol. The first kappa shape index (κ1) is 13.9. The molecule has 4 nitrogen and oxygen atoms in total. The van der Waals surface area contributed by atoms with Gasteiger partial charge in [-0.1, -0.05) is 0 Å². The van der Waals surface area contributed by atoms with Crippen molar-refractivity contribution in [3.05, 3.63) is 0 Å². The largest absolute Gasteiger partial charge is 0.389 e. The van der Waals surface area contributed by atoms with Gasteiger partial charge in [-0.25, -0.2) is 0 Å². The number of aliphatic hydroxyl groups excluding tert-OH is 1. The summed E-state index contributed by atoms with van der Waals surface area (Å²) in [6, 6.07) is 0. The van der Waals surface area contributed by atoms with Crippen molar-refractivity contribution in [2.75, 3.05) is 32.8 Å². The third-order valence-corrected chi connectivity index (χ3v) is 2.60. The zero-order valence-electron chi connectivity index (χ0n) is 10.9. The van der Waals surface area contributed by atoms with E-state index in [1.165, 1.54) is 0 Å². The van der Waals surface area contributed by atoms with Crippen LogP contribution in [0.5, 0.6) is 0 Å². The molecule has 0 aromatic heterocycles. The van der Waals surface area contributed by atoms with Crippen molar-refractivity contribution in [2.24, 2.45) is 0 Å². The zero-order chi connectivity index (χ0) is 12.2. The van der Waals surface area contributed by atoms with Gasteiger partial charge in [-0.2, -0.15) is 0 Å². The maximum absolute atomic E-state index is 9.81. The van der Waals surface area contributed by atoms with Gasteiger partial charge >= 0.3 is 0 Å². The van der Waals surface area contributed by atoms with Gasteiger partial charge in [0, 0.05) is 19.6 Å². The quantitative estimate of drug-likeness (QED) is 0.763. The highest BCUT2D eigenvalue weighted by Gasteiger charge is 2.28. The predicted molar refractivity (Wildman–Crippen MR) is 63.6 cm³/mol. The fourth-order valence-corrected chi connectivity index (χ4v) is 1.92. The van der Waals surface area contributed by atoms with E-state index in [1.807, 2.05) is 13.8 Å². The summed E-state index contributed by atoms with van der Waals surface area (Å²) in [6.45, 7) is 11.7. The van der Waals surface area contributed by atoms with Gasteiger partial charge in [-0.05, 0) is 27.7 Å². The molecule has 4 heteroatoms. The summed E-state index contributed by atoms with van der Waals surface area (Å²) in [6.07, 6.45) is -0.230. The van der Waals surface area contributed by atoms with Gasteiger partial charge in [0.2, 0.25) is 0 Å². The fourth-order valence-electron chi connectivity index (χ4n) is 1.92. The van der Waals surface area contributed by atoms with Gasteiger partial charge in [0.05, 0.1) is 31.0 Å². The number of aliphatic hydroxyl groups is 1. The molecule has 0 spiro atoms. The van der Waals surface area contributed by atoms with E-state index in [0.29, 0.717) is 13.2 Å². The zero-order valence-corrected chi connectivity index (χ0v) is 10.9. The molecule has 1 unspecified atom stereocenters. The highest BCUT2D eigenvalue weighted by atomic mass is 16.5. The molecule has 0 radical (unpaired) electrons. The van der Waals surface area contributed by atoms with E-state index in [9.17, 15) is 5.11 Å². The first-order chi connectivity index (χ1) is 7.39. The van der Waals surface area contributed by atoms with Gasteiger partial charge in [0.15, 0.2) is 0 Å². The molecular formula is C12H25NO3. The van der Waals surface area contributed by atoms with E-state index in [4.69, 9.17) is 9.47 Å². The van der Waals surface area contributed by atoms with Crippen molar-refractivity contribution in [2.45, 2.75) is 45.5 Å². The maximum atomic E-state index is 9.81. The number of hydrogen-bond acceptors (Lipinski definition) is 4. The van der Waals surface area contributed by atoms with E-state index in [1.54, 1.807) is 0 Å². The fraction of sp³-hybridized carbons (Fsp3) is 1.00. The first-order valence-electron chi connectivity index (χ1n) is 6.05. The molecule has 0 aliphatic carbocycles. The molecule has 1 rings (SSSR count). The molecule has 1 fully saturated rings. The summed E-state index contributed by atoms with van der Waals surface area (Å²) < 4.78 is 11.0. The number of morpholine rings is 1. The van der Waals surface area contributed by atoms with E-state index in [0.717, 1.165) is 19.7 Å². The Morgan fingerprint density at radius 3 is 2.69 bits per heavy atom. The molecule has 1 N–H and O–H groups in total. The highest BCUT2D eigenvalue weighted by molar-refractivity contribution is 4.80. The normalized spacial score (nSPS) is 23.6. The van der Waals surface area contributed by atoms with Crippen molar-refractivity contribution in [1.29, 1.82) is 0 Å². The van der Waals surface area contributed by atoms with Gasteiger partial charge in [-0.15, -0.1) is 0 Å². The average Bonchev–Trinajstić information content (AvgIpc) is 2.13. The lowest BCUT2D eigenvalue weighted by Gasteiger charge is -2.38. The average molecular weight is 231 g/mol. The summed E-state index contributed by atoms with van der Waals surface area (Å²) in [7, 11) is 0. The van der Waals surface area contributed by atoms with E-state index in [2.05, 4.69) is 18.7 Å². The van der Waals surface area contributed by atoms with Crippen LogP contribution in [0.4, 0.5) is 0 Å². The van der Waals surface area contributed by atoms with Gasteiger partial charge in [-0.3, -0.25) is 4.90 Å². The van der Waals surface area contributed by atoms with Crippen molar-refractivity contribution in [3.8, 4) is 0 Å². The second-order valence-corrected chi connectivity index (χ2v) is 5.38. The van der Waals surface area contributed by atoms with E-state index >= 15 is 0 Å². The van der Waals surface area contributed by atoms with Crippen LogP contribution in [0.3, 0.4) is 0 Å². The standard InChI is InChI=1S/C12H25NO3/c1-10(2)15-8-11(14)7-13-5-6-16-12(3,4)9-13/h10-11,14H,5-9H2,1-4H3. The molecule has 0 saturated carbocycles. The molecule has 1 atom stereocenters. The minimum absolute atomic E-state index is 0.100. The molecule has 1 heterocycles. The van der Waals surface area contributed by atoms with Crippen molar-refractivity contribution < 1.29 is 14.6 Å². The topological polar surface area (TPSA) is 41.9 Å². The monoisotopic (exact) mass is 231 g/mol. The van der Waals surface area contributed by atoms with Crippen molar-refractivity contribution in [1.82, 2.24) is 4.90 Å². The number of β-amino-alcohol motifs (C(OH)–C–C–N with tert-alkyl or cyclic N) is 1. The molecule has 0 aromatic rings. The minimum Gasteiger partial charge on any atom is -0.389 e. The summed E-state index contributed by atoms with van der Waals surface area (Å²) in [5.41, 5.74) is -0.100. The van der Waals surface area contributed by atoms with Crippen LogP contribution in [-0.4, -0.2) is 60.7 Å². The molecule has 0 bridgehead atoms. The Kier molecular flexibility index (Phi) is 5.18. The van der Waals surface area contributed by atoms with Crippen LogP contribution < -0.4 is 0 Å². The number of ether oxygens (including phenoxy) is 2. The lowest BCUT2D eigenvalue weighted by atomic mass is 10.1. The van der Waals surface area contributed by atoms with Crippen LogP contribution in [0, 0.1) is 0 Å². The van der Waals surface area contributed by atoms with Gasteiger partial charge in [0.1, 0.15) is 0 Å². The predicted octanol–water partition coefficient (Wildman–Crippen LogP) is 0.883. The van der Waals surface area contributed by atoms with Crippen molar-refractivity contribution >= 4 is 0 Å². The molecule has 0 amide bonds. The molecule has 1 aliphatic rings. The number of rotatable bonds is 5. The smallest absolute Gasteiger partial charge is 0.0900 e. The SMILES string of the molecule is CC(C)OCC(O)CN1CCOC(C)(C)C1. The summed E-state index contributed by atoms with van der Waals surface area (Å²) >= 11 is 0. The third kappa shape index (κ3) is 5.25.